The highest BCUT2D eigenvalue weighted by atomic mass is 16.5. The van der Waals surface area contributed by atoms with E-state index in [4.69, 9.17) is 4.74 Å². The van der Waals surface area contributed by atoms with Gasteiger partial charge in [-0.2, -0.15) is 0 Å². The zero-order valence-corrected chi connectivity index (χ0v) is 10.6. The van der Waals surface area contributed by atoms with Crippen molar-refractivity contribution in [2.75, 3.05) is 31.7 Å². The van der Waals surface area contributed by atoms with E-state index in [9.17, 15) is 0 Å². The molecule has 1 aromatic heterocycles. The largest absolute Gasteiger partial charge is 0.380 e. The summed E-state index contributed by atoms with van der Waals surface area (Å²) in [7, 11) is 2.02. The molecule has 1 heterocycles. The van der Waals surface area contributed by atoms with Crippen LogP contribution in [-0.4, -0.2) is 36.8 Å². The van der Waals surface area contributed by atoms with Crippen LogP contribution >= 0.6 is 0 Å². The van der Waals surface area contributed by atoms with Gasteiger partial charge in [0.1, 0.15) is 11.6 Å². The predicted molar refractivity (Wildman–Crippen MR) is 65.9 cm³/mol. The zero-order valence-electron chi connectivity index (χ0n) is 10.6. The number of ether oxygens (including phenoxy) is 1. The van der Waals surface area contributed by atoms with Gasteiger partial charge in [0.05, 0.1) is 6.61 Å². The molecule has 0 unspecified atom stereocenters. The van der Waals surface area contributed by atoms with E-state index in [0.29, 0.717) is 5.92 Å². The maximum Gasteiger partial charge on any atom is 0.133 e. The summed E-state index contributed by atoms with van der Waals surface area (Å²) in [5, 5.41) is 0. The molecule has 16 heavy (non-hydrogen) atoms. The minimum absolute atomic E-state index is 0.361. The van der Waals surface area contributed by atoms with Gasteiger partial charge < -0.3 is 9.64 Å². The van der Waals surface area contributed by atoms with E-state index in [1.54, 1.807) is 0 Å². The maximum absolute atomic E-state index is 5.32. The van der Waals surface area contributed by atoms with Gasteiger partial charge in [0.15, 0.2) is 0 Å². The van der Waals surface area contributed by atoms with Crippen molar-refractivity contribution < 1.29 is 4.74 Å². The van der Waals surface area contributed by atoms with Crippen LogP contribution in [0.3, 0.4) is 0 Å². The first kappa shape index (κ1) is 12.9. The van der Waals surface area contributed by atoms with Crippen molar-refractivity contribution in [1.82, 2.24) is 9.97 Å². The molecule has 0 saturated heterocycles. The average molecular weight is 223 g/mol. The van der Waals surface area contributed by atoms with E-state index in [2.05, 4.69) is 28.7 Å². The third-order valence-corrected chi connectivity index (χ3v) is 2.34. The SMILES string of the molecule is CCOCCN(C)c1ccnc(C(C)C)n1. The number of rotatable bonds is 6. The molecule has 0 aromatic carbocycles. The predicted octanol–water partition coefficient (Wildman–Crippen LogP) is 2.07. The molecule has 0 bridgehead atoms. The van der Waals surface area contributed by atoms with Crippen LogP contribution in [0.25, 0.3) is 0 Å². The molecule has 0 N–H and O–H groups in total. The number of hydrogen-bond donors (Lipinski definition) is 0. The van der Waals surface area contributed by atoms with Gasteiger partial charge in [-0.15, -0.1) is 0 Å². The first-order chi connectivity index (χ1) is 7.65. The van der Waals surface area contributed by atoms with Gasteiger partial charge in [0.2, 0.25) is 0 Å². The molecule has 0 aliphatic heterocycles. The molecular weight excluding hydrogens is 202 g/mol. The Bertz CT molecular complexity index is 315. The Morgan fingerprint density at radius 1 is 1.44 bits per heavy atom. The van der Waals surface area contributed by atoms with Gasteiger partial charge >= 0.3 is 0 Å². The van der Waals surface area contributed by atoms with Crippen molar-refractivity contribution in [2.24, 2.45) is 0 Å². The highest BCUT2D eigenvalue weighted by Gasteiger charge is 2.06. The van der Waals surface area contributed by atoms with Crippen molar-refractivity contribution in [3.63, 3.8) is 0 Å². The summed E-state index contributed by atoms with van der Waals surface area (Å²) in [4.78, 5) is 10.8. The topological polar surface area (TPSA) is 38.2 Å². The van der Waals surface area contributed by atoms with Crippen LogP contribution in [0.15, 0.2) is 12.3 Å². The fourth-order valence-corrected chi connectivity index (χ4v) is 1.31. The van der Waals surface area contributed by atoms with Crippen molar-refractivity contribution in [3.8, 4) is 0 Å². The van der Waals surface area contributed by atoms with Gasteiger partial charge in [-0.25, -0.2) is 9.97 Å². The molecule has 0 saturated carbocycles. The van der Waals surface area contributed by atoms with Crippen molar-refractivity contribution in [3.05, 3.63) is 18.1 Å². The van der Waals surface area contributed by atoms with Crippen LogP contribution in [0, 0.1) is 0 Å². The zero-order chi connectivity index (χ0) is 12.0. The smallest absolute Gasteiger partial charge is 0.133 e. The summed E-state index contributed by atoms with van der Waals surface area (Å²) in [6, 6.07) is 1.93. The normalized spacial score (nSPS) is 10.8. The average Bonchev–Trinajstić information content (AvgIpc) is 2.29. The Kier molecular flexibility index (Phi) is 5.19. The molecule has 0 atom stereocenters. The van der Waals surface area contributed by atoms with Gasteiger partial charge in [-0.1, -0.05) is 13.8 Å². The quantitative estimate of drug-likeness (QED) is 0.692. The highest BCUT2D eigenvalue weighted by molar-refractivity contribution is 5.36. The lowest BCUT2D eigenvalue weighted by Gasteiger charge is -2.18. The molecule has 4 heteroatoms. The third kappa shape index (κ3) is 3.77. The summed E-state index contributed by atoms with van der Waals surface area (Å²) < 4.78 is 5.32. The molecule has 0 spiro atoms. The first-order valence-corrected chi connectivity index (χ1v) is 5.77. The van der Waals surface area contributed by atoms with Crippen LogP contribution in [0.4, 0.5) is 5.82 Å². The van der Waals surface area contributed by atoms with Crippen molar-refractivity contribution in [1.29, 1.82) is 0 Å². The summed E-state index contributed by atoms with van der Waals surface area (Å²) in [5.41, 5.74) is 0. The molecule has 1 rings (SSSR count). The summed E-state index contributed by atoms with van der Waals surface area (Å²) in [5.74, 6) is 2.21. The minimum atomic E-state index is 0.361. The van der Waals surface area contributed by atoms with E-state index in [0.717, 1.165) is 31.4 Å². The lowest BCUT2D eigenvalue weighted by Crippen LogP contribution is -2.24. The van der Waals surface area contributed by atoms with E-state index in [-0.39, 0.29) is 0 Å². The van der Waals surface area contributed by atoms with E-state index < -0.39 is 0 Å². The Labute approximate surface area is 97.7 Å². The number of likely N-dealkylation sites (N-methyl/N-ethyl adjacent to an activating group) is 1. The lowest BCUT2D eigenvalue weighted by atomic mass is 10.2. The van der Waals surface area contributed by atoms with Crippen molar-refractivity contribution >= 4 is 5.82 Å². The summed E-state index contributed by atoms with van der Waals surface area (Å²) in [6.07, 6.45) is 1.81. The number of nitrogens with zero attached hydrogens (tertiary/aromatic N) is 3. The molecule has 0 radical (unpaired) electrons. The maximum atomic E-state index is 5.32. The lowest BCUT2D eigenvalue weighted by molar-refractivity contribution is 0.154. The van der Waals surface area contributed by atoms with Crippen LogP contribution in [-0.2, 0) is 4.74 Å². The highest BCUT2D eigenvalue weighted by Crippen LogP contribution is 2.13. The molecule has 0 amide bonds. The Morgan fingerprint density at radius 2 is 2.19 bits per heavy atom. The monoisotopic (exact) mass is 223 g/mol. The number of anilines is 1. The molecule has 0 fully saturated rings. The first-order valence-electron chi connectivity index (χ1n) is 5.77. The molecule has 90 valence electrons. The number of hydrogen-bond acceptors (Lipinski definition) is 4. The summed E-state index contributed by atoms with van der Waals surface area (Å²) >= 11 is 0. The third-order valence-electron chi connectivity index (χ3n) is 2.34. The Morgan fingerprint density at radius 3 is 2.81 bits per heavy atom. The Balaban J connectivity index is 2.60. The van der Waals surface area contributed by atoms with Gasteiger partial charge in [0.25, 0.3) is 0 Å². The van der Waals surface area contributed by atoms with Crippen LogP contribution in [0.5, 0.6) is 0 Å². The van der Waals surface area contributed by atoms with Crippen LogP contribution in [0.1, 0.15) is 32.5 Å². The van der Waals surface area contributed by atoms with Crippen molar-refractivity contribution in [2.45, 2.75) is 26.7 Å². The second kappa shape index (κ2) is 6.43. The molecule has 0 aliphatic carbocycles. The van der Waals surface area contributed by atoms with Gasteiger partial charge in [-0.05, 0) is 13.0 Å². The second-order valence-corrected chi connectivity index (χ2v) is 4.05. The fraction of sp³-hybridized carbons (Fsp3) is 0.667. The molecule has 1 aromatic rings. The van der Waals surface area contributed by atoms with Gasteiger partial charge in [-0.3, -0.25) is 0 Å². The standard InChI is InChI=1S/C12H21N3O/c1-5-16-9-8-15(4)11-6-7-13-12(14-11)10(2)3/h6-7,10H,5,8-9H2,1-4H3. The second-order valence-electron chi connectivity index (χ2n) is 4.05. The Hall–Kier alpha value is -1.16. The van der Waals surface area contributed by atoms with E-state index in [1.807, 2.05) is 26.2 Å². The number of aromatic nitrogens is 2. The van der Waals surface area contributed by atoms with E-state index in [1.165, 1.54) is 0 Å². The minimum Gasteiger partial charge on any atom is -0.380 e. The summed E-state index contributed by atoms with van der Waals surface area (Å²) in [6.45, 7) is 8.53. The fourth-order valence-electron chi connectivity index (χ4n) is 1.31. The molecule has 0 aliphatic rings. The molecular formula is C12H21N3O. The molecule has 4 nitrogen and oxygen atoms in total. The van der Waals surface area contributed by atoms with E-state index >= 15 is 0 Å². The van der Waals surface area contributed by atoms with Crippen LogP contribution in [0.2, 0.25) is 0 Å². The van der Waals surface area contributed by atoms with Crippen LogP contribution < -0.4 is 4.90 Å². The van der Waals surface area contributed by atoms with Gasteiger partial charge in [0, 0.05) is 32.3 Å².